The van der Waals surface area contributed by atoms with Crippen LogP contribution in [0.2, 0.25) is 0 Å². The molecule has 0 aromatic rings. The zero-order valence-electron chi connectivity index (χ0n) is 16.1. The van der Waals surface area contributed by atoms with Crippen molar-refractivity contribution in [3.05, 3.63) is 11.6 Å². The van der Waals surface area contributed by atoms with Crippen LogP contribution in [0.25, 0.3) is 0 Å². The van der Waals surface area contributed by atoms with Crippen LogP contribution in [0.3, 0.4) is 0 Å². The average molecular weight is 355 g/mol. The molecule has 0 spiro atoms. The first-order chi connectivity index (χ1) is 12.3. The predicted octanol–water partition coefficient (Wildman–Crippen LogP) is 4.04. The van der Waals surface area contributed by atoms with Gasteiger partial charge in [-0.25, -0.2) is 9.79 Å². The zero-order valence-corrected chi connectivity index (χ0v) is 16.1. The van der Waals surface area contributed by atoms with Gasteiger partial charge in [-0.3, -0.25) is 9.59 Å². The van der Waals surface area contributed by atoms with E-state index in [1.165, 1.54) is 12.0 Å². The molecule has 4 rings (SSSR count). The van der Waals surface area contributed by atoms with E-state index >= 15 is 0 Å². The lowest BCUT2D eigenvalue weighted by atomic mass is 9.46. The van der Waals surface area contributed by atoms with Gasteiger partial charge in [-0.1, -0.05) is 19.4 Å². The molecule has 140 valence electrons. The Labute approximate surface area is 155 Å². The highest BCUT2D eigenvalue weighted by Crippen LogP contribution is 2.66. The molecule has 0 aliphatic heterocycles. The van der Waals surface area contributed by atoms with Crippen molar-refractivity contribution in [2.75, 3.05) is 0 Å². The van der Waals surface area contributed by atoms with Gasteiger partial charge in [0, 0.05) is 6.42 Å². The van der Waals surface area contributed by atoms with E-state index in [1.54, 1.807) is 12.2 Å². The minimum absolute atomic E-state index is 0.0440. The number of ketones is 2. The maximum absolute atomic E-state index is 12.2. The fourth-order valence-corrected chi connectivity index (χ4v) is 7.47. The predicted molar refractivity (Wildman–Crippen MR) is 98.2 cm³/mol. The number of hydrogen-bond donors (Lipinski definition) is 0. The van der Waals surface area contributed by atoms with Crippen molar-refractivity contribution in [3.63, 3.8) is 0 Å². The van der Waals surface area contributed by atoms with Crippen LogP contribution in [0, 0.1) is 34.5 Å². The number of rotatable bonds is 2. The molecule has 0 bridgehead atoms. The Hall–Kier alpha value is -1.54. The number of hydrogen-bond acceptors (Lipinski definition) is 4. The quantitative estimate of drug-likeness (QED) is 0.427. The molecule has 4 aliphatic carbocycles. The zero-order chi connectivity index (χ0) is 18.7. The summed E-state index contributed by atoms with van der Waals surface area (Å²) in [5.41, 5.74) is 1.33. The van der Waals surface area contributed by atoms with Gasteiger partial charge in [0.25, 0.3) is 0 Å². The van der Waals surface area contributed by atoms with E-state index in [4.69, 9.17) is 0 Å². The third kappa shape index (κ3) is 2.34. The fraction of sp³-hybridized carbons (Fsp3) is 0.773. The number of nitrogens with zero attached hydrogens (tertiary/aromatic N) is 1. The summed E-state index contributed by atoms with van der Waals surface area (Å²) in [4.78, 5) is 38.9. The molecule has 0 aromatic carbocycles. The molecule has 0 amide bonds. The molecule has 0 saturated heterocycles. The second-order valence-corrected chi connectivity index (χ2v) is 9.66. The van der Waals surface area contributed by atoms with Crippen LogP contribution in [-0.2, 0) is 14.4 Å². The number of carbonyl (C=O) groups excluding carboxylic acids is 3. The summed E-state index contributed by atoms with van der Waals surface area (Å²) >= 11 is 0. The SMILES string of the molecule is CC(N=C=O)[C@H]1CC[C@H]2[C@@H]3CCC4=CC(=O)C(=O)C[C@]4(C)[C@H]3CC[C@]12C. The van der Waals surface area contributed by atoms with Gasteiger partial charge < -0.3 is 0 Å². The largest absolute Gasteiger partial charge is 0.290 e. The third-order valence-electron chi connectivity index (χ3n) is 8.76. The van der Waals surface area contributed by atoms with Crippen molar-refractivity contribution in [2.45, 2.75) is 71.8 Å². The Balaban J connectivity index is 1.65. The van der Waals surface area contributed by atoms with E-state index in [9.17, 15) is 14.4 Å². The van der Waals surface area contributed by atoms with Gasteiger partial charge in [0.15, 0.2) is 0 Å². The second kappa shape index (κ2) is 5.99. The Bertz CT molecular complexity index is 734. The smallest absolute Gasteiger partial charge is 0.235 e. The van der Waals surface area contributed by atoms with E-state index in [1.807, 2.05) is 0 Å². The highest BCUT2D eigenvalue weighted by Gasteiger charge is 2.60. The lowest BCUT2D eigenvalue weighted by molar-refractivity contribution is -0.138. The van der Waals surface area contributed by atoms with Crippen LogP contribution in [0.4, 0.5) is 0 Å². The van der Waals surface area contributed by atoms with Gasteiger partial charge in [-0.05, 0) is 86.0 Å². The number of carbonyl (C=O) groups is 2. The summed E-state index contributed by atoms with van der Waals surface area (Å²) in [6.07, 6.45) is 10.5. The number of aliphatic imine (C=N–C) groups is 1. The van der Waals surface area contributed by atoms with Crippen LogP contribution in [0.15, 0.2) is 16.6 Å². The molecule has 26 heavy (non-hydrogen) atoms. The lowest BCUT2D eigenvalue weighted by Gasteiger charge is -2.58. The highest BCUT2D eigenvalue weighted by atomic mass is 16.2. The Morgan fingerprint density at radius 2 is 1.92 bits per heavy atom. The number of isocyanates is 1. The van der Waals surface area contributed by atoms with E-state index in [0.29, 0.717) is 30.1 Å². The summed E-state index contributed by atoms with van der Waals surface area (Å²) in [6, 6.07) is 0.0440. The topological polar surface area (TPSA) is 63.6 Å². The van der Waals surface area contributed by atoms with Crippen LogP contribution >= 0.6 is 0 Å². The normalized spacial score (nSPS) is 45.7. The lowest BCUT2D eigenvalue weighted by Crippen LogP contribution is -2.52. The van der Waals surface area contributed by atoms with Gasteiger partial charge in [0.1, 0.15) is 0 Å². The molecule has 0 aromatic heterocycles. The van der Waals surface area contributed by atoms with Crippen molar-refractivity contribution in [2.24, 2.45) is 39.5 Å². The Morgan fingerprint density at radius 1 is 1.15 bits per heavy atom. The summed E-state index contributed by atoms with van der Waals surface area (Å²) < 4.78 is 0. The Kier molecular flexibility index (Phi) is 4.11. The molecule has 3 fully saturated rings. The van der Waals surface area contributed by atoms with E-state index < -0.39 is 0 Å². The summed E-state index contributed by atoms with van der Waals surface area (Å²) in [7, 11) is 0. The Morgan fingerprint density at radius 3 is 2.65 bits per heavy atom. The first-order valence-electron chi connectivity index (χ1n) is 10.2. The van der Waals surface area contributed by atoms with Gasteiger partial charge in [-0.15, -0.1) is 0 Å². The van der Waals surface area contributed by atoms with Gasteiger partial charge in [-0.2, -0.15) is 0 Å². The molecule has 4 heteroatoms. The highest BCUT2D eigenvalue weighted by molar-refractivity contribution is 6.42. The van der Waals surface area contributed by atoms with Crippen LogP contribution < -0.4 is 0 Å². The minimum atomic E-state index is -0.293. The number of Topliss-reactive ketones (excluding diaryl/α,β-unsaturated/α-hetero) is 1. The maximum atomic E-state index is 12.2. The van der Waals surface area contributed by atoms with Gasteiger partial charge in [0.05, 0.1) is 6.04 Å². The van der Waals surface area contributed by atoms with E-state index in [2.05, 4.69) is 25.8 Å². The molecule has 3 saturated carbocycles. The fourth-order valence-electron chi connectivity index (χ4n) is 7.47. The molecule has 1 unspecified atom stereocenters. The average Bonchev–Trinajstić information content (AvgIpc) is 2.94. The second-order valence-electron chi connectivity index (χ2n) is 9.66. The van der Waals surface area contributed by atoms with Crippen LogP contribution in [-0.4, -0.2) is 23.7 Å². The van der Waals surface area contributed by atoms with Crippen LogP contribution in [0.5, 0.6) is 0 Å². The first-order valence-corrected chi connectivity index (χ1v) is 10.2. The number of allylic oxidation sites excluding steroid dienone is 1. The van der Waals surface area contributed by atoms with Crippen molar-refractivity contribution < 1.29 is 14.4 Å². The summed E-state index contributed by atoms with van der Waals surface area (Å²) in [5.74, 6) is 1.72. The van der Waals surface area contributed by atoms with Gasteiger partial charge >= 0.3 is 0 Å². The molecule has 0 heterocycles. The monoisotopic (exact) mass is 355 g/mol. The molecule has 4 aliphatic rings. The molecular formula is C22H29NO3. The molecular weight excluding hydrogens is 326 g/mol. The number of fused-ring (bicyclic) bond motifs is 5. The minimum Gasteiger partial charge on any atom is -0.290 e. The van der Waals surface area contributed by atoms with E-state index in [0.717, 1.165) is 32.1 Å². The summed E-state index contributed by atoms with van der Waals surface area (Å²) in [5, 5.41) is 0. The van der Waals surface area contributed by atoms with Crippen LogP contribution in [0.1, 0.15) is 65.7 Å². The molecule has 7 atom stereocenters. The maximum Gasteiger partial charge on any atom is 0.235 e. The van der Waals surface area contributed by atoms with Crippen molar-refractivity contribution >= 4 is 17.6 Å². The van der Waals surface area contributed by atoms with Crippen molar-refractivity contribution in [3.8, 4) is 0 Å². The van der Waals surface area contributed by atoms with Gasteiger partial charge in [0.2, 0.25) is 17.6 Å². The molecule has 4 nitrogen and oxygen atoms in total. The first kappa shape index (κ1) is 17.9. The standard InChI is InChI=1S/C22H29NO3/c1-13(23-12-24)16-6-7-17-15-5-4-14-10-19(25)20(26)11-22(14,3)18(15)8-9-21(16,17)2/h10,13,15-18H,4-9,11H2,1-3H3/t13?,15-,16+,17-,18-,21+,22-/m0/s1. The van der Waals surface area contributed by atoms with Crippen molar-refractivity contribution in [1.82, 2.24) is 0 Å². The summed E-state index contributed by atoms with van der Waals surface area (Å²) in [6.45, 7) is 6.70. The van der Waals surface area contributed by atoms with E-state index in [-0.39, 0.29) is 28.4 Å². The third-order valence-corrected chi connectivity index (χ3v) is 8.76. The molecule has 0 radical (unpaired) electrons. The molecule has 0 N–H and O–H groups in total. The van der Waals surface area contributed by atoms with Crippen molar-refractivity contribution in [1.29, 1.82) is 0 Å².